The lowest BCUT2D eigenvalue weighted by atomic mass is 10.2. The number of ether oxygens (including phenoxy) is 2. The van der Waals surface area contributed by atoms with E-state index >= 15 is 0 Å². The van der Waals surface area contributed by atoms with Crippen LogP contribution in [0.25, 0.3) is 0 Å². The summed E-state index contributed by atoms with van der Waals surface area (Å²) in [4.78, 5) is 20.4. The average molecular weight is 349 g/mol. The predicted octanol–water partition coefficient (Wildman–Crippen LogP) is 2.99. The Bertz CT molecular complexity index is 869. The van der Waals surface area contributed by atoms with Crippen molar-refractivity contribution in [1.82, 2.24) is 15.3 Å². The van der Waals surface area contributed by atoms with Crippen LogP contribution in [0.15, 0.2) is 67.0 Å². The Morgan fingerprint density at radius 3 is 2.62 bits per heavy atom. The lowest BCUT2D eigenvalue weighted by Crippen LogP contribution is -2.24. The highest BCUT2D eigenvalue weighted by Crippen LogP contribution is 2.17. The molecule has 26 heavy (non-hydrogen) atoms. The number of hydrogen-bond donors (Lipinski definition) is 1. The Balaban J connectivity index is 1.61. The van der Waals surface area contributed by atoms with Crippen LogP contribution in [0.4, 0.5) is 0 Å². The molecule has 1 aromatic heterocycles. The van der Waals surface area contributed by atoms with Crippen LogP contribution in [0.5, 0.6) is 11.6 Å². The van der Waals surface area contributed by atoms with Crippen LogP contribution in [0.2, 0.25) is 0 Å². The first-order valence-corrected chi connectivity index (χ1v) is 8.15. The number of nitrogens with one attached hydrogen (secondary N) is 1. The lowest BCUT2D eigenvalue weighted by molar-refractivity contribution is 0.0944. The zero-order valence-electron chi connectivity index (χ0n) is 14.4. The van der Waals surface area contributed by atoms with Crippen LogP contribution >= 0.6 is 0 Å². The van der Waals surface area contributed by atoms with Gasteiger partial charge in [-0.1, -0.05) is 48.5 Å². The molecule has 0 atom stereocenters. The molecular weight excluding hydrogens is 330 g/mol. The third kappa shape index (κ3) is 4.57. The van der Waals surface area contributed by atoms with E-state index in [4.69, 9.17) is 9.47 Å². The number of aromatic nitrogens is 2. The Morgan fingerprint density at radius 2 is 1.81 bits per heavy atom. The van der Waals surface area contributed by atoms with E-state index in [1.165, 1.54) is 12.4 Å². The van der Waals surface area contributed by atoms with E-state index in [0.29, 0.717) is 19.0 Å². The van der Waals surface area contributed by atoms with Gasteiger partial charge in [-0.25, -0.2) is 9.97 Å². The molecule has 3 aromatic rings. The van der Waals surface area contributed by atoms with Crippen molar-refractivity contribution in [3.63, 3.8) is 0 Å². The number of nitrogens with zero attached hydrogens (tertiary/aromatic N) is 2. The van der Waals surface area contributed by atoms with Gasteiger partial charge in [-0.3, -0.25) is 4.79 Å². The quantitative estimate of drug-likeness (QED) is 0.710. The number of rotatable bonds is 7. The van der Waals surface area contributed by atoms with Crippen LogP contribution in [0.1, 0.15) is 21.6 Å². The first kappa shape index (κ1) is 17.4. The van der Waals surface area contributed by atoms with Gasteiger partial charge in [0.05, 0.1) is 7.11 Å². The van der Waals surface area contributed by atoms with Crippen LogP contribution < -0.4 is 14.8 Å². The monoisotopic (exact) mass is 349 g/mol. The maximum Gasteiger partial charge on any atom is 0.270 e. The molecule has 6 nitrogen and oxygen atoms in total. The second kappa shape index (κ2) is 8.62. The molecule has 0 fully saturated rings. The zero-order chi connectivity index (χ0) is 18.2. The SMILES string of the molecule is COc1ccccc1CNC(=O)c1cc(OCc2ccccc2)ncn1. The fraction of sp³-hybridized carbons (Fsp3) is 0.150. The van der Waals surface area contributed by atoms with Crippen molar-refractivity contribution in [2.45, 2.75) is 13.2 Å². The summed E-state index contributed by atoms with van der Waals surface area (Å²) in [5.41, 5.74) is 2.16. The smallest absolute Gasteiger partial charge is 0.270 e. The van der Waals surface area contributed by atoms with E-state index in [1.54, 1.807) is 7.11 Å². The topological polar surface area (TPSA) is 73.3 Å². The molecule has 1 heterocycles. The van der Waals surface area contributed by atoms with E-state index in [1.807, 2.05) is 54.6 Å². The van der Waals surface area contributed by atoms with Gasteiger partial charge < -0.3 is 14.8 Å². The number of hydrogen-bond acceptors (Lipinski definition) is 5. The van der Waals surface area contributed by atoms with E-state index in [2.05, 4.69) is 15.3 Å². The van der Waals surface area contributed by atoms with Crippen molar-refractivity contribution >= 4 is 5.91 Å². The van der Waals surface area contributed by atoms with Gasteiger partial charge in [-0.2, -0.15) is 0 Å². The minimum atomic E-state index is -0.303. The molecule has 1 amide bonds. The second-order valence-corrected chi connectivity index (χ2v) is 5.51. The van der Waals surface area contributed by atoms with Gasteiger partial charge in [0.2, 0.25) is 5.88 Å². The molecule has 0 aliphatic carbocycles. The van der Waals surface area contributed by atoms with Gasteiger partial charge in [0.1, 0.15) is 24.4 Å². The summed E-state index contributed by atoms with van der Waals surface area (Å²) < 4.78 is 10.9. The van der Waals surface area contributed by atoms with Crippen LogP contribution in [-0.4, -0.2) is 23.0 Å². The molecule has 0 unspecified atom stereocenters. The first-order valence-electron chi connectivity index (χ1n) is 8.15. The van der Waals surface area contributed by atoms with Crippen LogP contribution in [0, 0.1) is 0 Å². The highest BCUT2D eigenvalue weighted by atomic mass is 16.5. The lowest BCUT2D eigenvalue weighted by Gasteiger charge is -2.10. The molecule has 3 rings (SSSR count). The Morgan fingerprint density at radius 1 is 1.04 bits per heavy atom. The molecule has 0 spiro atoms. The van der Waals surface area contributed by atoms with Crippen molar-refractivity contribution in [1.29, 1.82) is 0 Å². The fourth-order valence-electron chi connectivity index (χ4n) is 2.39. The molecule has 1 N–H and O–H groups in total. The number of methoxy groups -OCH3 is 1. The van der Waals surface area contributed by atoms with Gasteiger partial charge >= 0.3 is 0 Å². The van der Waals surface area contributed by atoms with Crippen LogP contribution in [-0.2, 0) is 13.2 Å². The Hall–Kier alpha value is -3.41. The molecule has 0 bridgehead atoms. The van der Waals surface area contributed by atoms with E-state index in [9.17, 15) is 4.79 Å². The fourth-order valence-corrected chi connectivity index (χ4v) is 2.39. The number of para-hydroxylation sites is 1. The summed E-state index contributed by atoms with van der Waals surface area (Å²) in [5, 5.41) is 2.83. The number of carbonyl (C=O) groups excluding carboxylic acids is 1. The highest BCUT2D eigenvalue weighted by Gasteiger charge is 2.10. The number of amides is 1. The number of carbonyl (C=O) groups is 1. The highest BCUT2D eigenvalue weighted by molar-refractivity contribution is 5.92. The Labute approximate surface area is 151 Å². The molecule has 0 aliphatic rings. The van der Waals surface area contributed by atoms with Crippen molar-refractivity contribution in [3.05, 3.63) is 83.8 Å². The molecular formula is C20H19N3O3. The summed E-state index contributed by atoms with van der Waals surface area (Å²) in [6, 6.07) is 18.8. The predicted molar refractivity (Wildman–Crippen MR) is 97.0 cm³/mol. The summed E-state index contributed by atoms with van der Waals surface area (Å²) >= 11 is 0. The minimum Gasteiger partial charge on any atom is -0.496 e. The third-order valence-electron chi connectivity index (χ3n) is 3.74. The van der Waals surface area contributed by atoms with Gasteiger partial charge in [0, 0.05) is 18.2 Å². The van der Waals surface area contributed by atoms with E-state index in [0.717, 1.165) is 16.9 Å². The molecule has 132 valence electrons. The van der Waals surface area contributed by atoms with Crippen molar-refractivity contribution in [2.24, 2.45) is 0 Å². The zero-order valence-corrected chi connectivity index (χ0v) is 14.4. The van der Waals surface area contributed by atoms with Crippen molar-refractivity contribution < 1.29 is 14.3 Å². The molecule has 0 saturated carbocycles. The van der Waals surface area contributed by atoms with E-state index < -0.39 is 0 Å². The second-order valence-electron chi connectivity index (χ2n) is 5.51. The average Bonchev–Trinajstić information content (AvgIpc) is 2.71. The standard InChI is InChI=1S/C20H19N3O3/c1-25-18-10-6-5-9-16(18)12-21-20(24)17-11-19(23-14-22-17)26-13-15-7-3-2-4-8-15/h2-11,14H,12-13H2,1H3,(H,21,24). The maximum atomic E-state index is 12.3. The third-order valence-corrected chi connectivity index (χ3v) is 3.74. The first-order chi connectivity index (χ1) is 12.8. The van der Waals surface area contributed by atoms with E-state index in [-0.39, 0.29) is 11.6 Å². The van der Waals surface area contributed by atoms with Gasteiger partial charge in [0.25, 0.3) is 5.91 Å². The minimum absolute atomic E-state index is 0.248. The summed E-state index contributed by atoms with van der Waals surface area (Å²) in [5.74, 6) is 0.775. The molecule has 0 aliphatic heterocycles. The van der Waals surface area contributed by atoms with Gasteiger partial charge in [0.15, 0.2) is 0 Å². The molecule has 2 aromatic carbocycles. The normalized spacial score (nSPS) is 10.2. The Kier molecular flexibility index (Phi) is 5.77. The maximum absolute atomic E-state index is 12.3. The van der Waals surface area contributed by atoms with Crippen molar-refractivity contribution in [2.75, 3.05) is 7.11 Å². The summed E-state index contributed by atoms with van der Waals surface area (Å²) in [7, 11) is 1.60. The number of benzene rings is 2. The van der Waals surface area contributed by atoms with Gasteiger partial charge in [-0.15, -0.1) is 0 Å². The molecule has 0 saturated heterocycles. The molecule has 6 heteroatoms. The van der Waals surface area contributed by atoms with Crippen molar-refractivity contribution in [3.8, 4) is 11.6 Å². The molecule has 0 radical (unpaired) electrons. The summed E-state index contributed by atoms with van der Waals surface area (Å²) in [6.45, 7) is 0.715. The van der Waals surface area contributed by atoms with Crippen LogP contribution in [0.3, 0.4) is 0 Å². The summed E-state index contributed by atoms with van der Waals surface area (Å²) in [6.07, 6.45) is 1.32. The largest absolute Gasteiger partial charge is 0.496 e. The van der Waals surface area contributed by atoms with Gasteiger partial charge in [-0.05, 0) is 11.6 Å².